The third kappa shape index (κ3) is 7.34. The molecule has 198 valence electrons. The minimum atomic E-state index is -3.49. The fourth-order valence-corrected chi connectivity index (χ4v) is 5.65. The van der Waals surface area contributed by atoms with Gasteiger partial charge in [-0.05, 0) is 68.3 Å². The number of carbonyl (C=O) groups excluding carboxylic acids is 1. The predicted octanol–water partition coefficient (Wildman–Crippen LogP) is 2.22. The minimum absolute atomic E-state index is 0.198. The fraction of sp³-hybridized carbons (Fsp3) is 0.458. The zero-order chi connectivity index (χ0) is 26.3. The Morgan fingerprint density at radius 3 is 2.14 bits per heavy atom. The summed E-state index contributed by atoms with van der Waals surface area (Å²) < 4.78 is 62.6. The Balaban J connectivity index is 1.42. The SMILES string of the molecule is C[C@H](Oc1ccc(N(C)S(C)(=O)=O)cc1)C(=O)NCCOc1ccc(S(=O)(=O)N2CCCCC2)cc1. The third-order valence-electron chi connectivity index (χ3n) is 5.83. The first-order valence-electron chi connectivity index (χ1n) is 11.7. The molecule has 12 heteroatoms. The summed E-state index contributed by atoms with van der Waals surface area (Å²) in [6, 6.07) is 12.7. The lowest BCUT2D eigenvalue weighted by Gasteiger charge is -2.25. The topological polar surface area (TPSA) is 122 Å². The molecule has 0 radical (unpaired) electrons. The van der Waals surface area contributed by atoms with Gasteiger partial charge in [-0.25, -0.2) is 16.8 Å². The van der Waals surface area contributed by atoms with Gasteiger partial charge in [0, 0.05) is 20.1 Å². The summed E-state index contributed by atoms with van der Waals surface area (Å²) in [5, 5.41) is 2.72. The van der Waals surface area contributed by atoms with Crippen molar-refractivity contribution in [2.75, 3.05) is 43.8 Å². The van der Waals surface area contributed by atoms with Gasteiger partial charge in [-0.1, -0.05) is 6.42 Å². The van der Waals surface area contributed by atoms with Crippen molar-refractivity contribution in [2.45, 2.75) is 37.2 Å². The first-order chi connectivity index (χ1) is 17.0. The van der Waals surface area contributed by atoms with E-state index in [0.29, 0.717) is 30.3 Å². The summed E-state index contributed by atoms with van der Waals surface area (Å²) in [4.78, 5) is 12.6. The third-order valence-corrected chi connectivity index (χ3v) is 8.95. The number of carbonyl (C=O) groups is 1. The van der Waals surface area contributed by atoms with E-state index in [2.05, 4.69) is 5.32 Å². The van der Waals surface area contributed by atoms with Crippen molar-refractivity contribution in [1.82, 2.24) is 9.62 Å². The monoisotopic (exact) mass is 539 g/mol. The van der Waals surface area contributed by atoms with Crippen LogP contribution in [-0.2, 0) is 24.8 Å². The fourth-order valence-electron chi connectivity index (χ4n) is 3.63. The molecule has 36 heavy (non-hydrogen) atoms. The molecule has 1 amide bonds. The molecule has 10 nitrogen and oxygen atoms in total. The van der Waals surface area contributed by atoms with E-state index in [9.17, 15) is 21.6 Å². The summed E-state index contributed by atoms with van der Waals surface area (Å²) in [5.74, 6) is 0.600. The number of hydrogen-bond donors (Lipinski definition) is 1. The molecule has 0 spiro atoms. The van der Waals surface area contributed by atoms with Gasteiger partial charge in [-0.2, -0.15) is 4.31 Å². The Bertz CT molecular complexity index is 1230. The number of benzene rings is 2. The van der Waals surface area contributed by atoms with Gasteiger partial charge < -0.3 is 14.8 Å². The van der Waals surface area contributed by atoms with Crippen LogP contribution in [0.4, 0.5) is 5.69 Å². The summed E-state index contributed by atoms with van der Waals surface area (Å²) in [7, 11) is -5.40. The highest BCUT2D eigenvalue weighted by molar-refractivity contribution is 7.92. The van der Waals surface area contributed by atoms with Crippen LogP contribution in [0.5, 0.6) is 11.5 Å². The normalized spacial score (nSPS) is 15.6. The lowest BCUT2D eigenvalue weighted by atomic mass is 10.2. The lowest BCUT2D eigenvalue weighted by Crippen LogP contribution is -2.38. The van der Waals surface area contributed by atoms with Crippen LogP contribution >= 0.6 is 0 Å². The zero-order valence-corrected chi connectivity index (χ0v) is 22.3. The highest BCUT2D eigenvalue weighted by Gasteiger charge is 2.25. The number of sulfonamides is 2. The van der Waals surface area contributed by atoms with E-state index in [0.717, 1.165) is 29.8 Å². The number of rotatable bonds is 11. The Labute approximate surface area is 213 Å². The highest BCUT2D eigenvalue weighted by atomic mass is 32.2. The molecule has 1 saturated heterocycles. The van der Waals surface area contributed by atoms with E-state index in [1.165, 1.54) is 23.5 Å². The van der Waals surface area contributed by atoms with Crippen molar-refractivity contribution in [1.29, 1.82) is 0 Å². The molecular weight excluding hydrogens is 506 g/mol. The Kier molecular flexibility index (Phi) is 9.20. The molecule has 2 aromatic rings. The summed E-state index contributed by atoms with van der Waals surface area (Å²) >= 11 is 0. The molecular formula is C24H33N3O7S2. The molecule has 0 aromatic heterocycles. The van der Waals surface area contributed by atoms with Crippen LogP contribution < -0.4 is 19.1 Å². The average Bonchev–Trinajstić information content (AvgIpc) is 2.86. The van der Waals surface area contributed by atoms with Gasteiger partial charge in [-0.15, -0.1) is 0 Å². The molecule has 1 aliphatic heterocycles. The van der Waals surface area contributed by atoms with Crippen molar-refractivity contribution in [3.05, 3.63) is 48.5 Å². The second-order valence-corrected chi connectivity index (χ2v) is 12.5. The maximum atomic E-state index is 12.7. The maximum absolute atomic E-state index is 12.7. The molecule has 0 bridgehead atoms. The predicted molar refractivity (Wildman–Crippen MR) is 137 cm³/mol. The number of hydrogen-bond acceptors (Lipinski definition) is 7. The standard InChI is InChI=1S/C24H33N3O7S2/c1-19(34-22-9-7-20(8-10-22)26(2)35(3,29)30)24(28)25-15-18-33-21-11-13-23(14-12-21)36(31,32)27-16-5-4-6-17-27/h7-14,19H,4-6,15-18H2,1-3H3,(H,25,28)/t19-/m0/s1. The van der Waals surface area contributed by atoms with Crippen LogP contribution in [0.1, 0.15) is 26.2 Å². The smallest absolute Gasteiger partial charge is 0.260 e. The van der Waals surface area contributed by atoms with Crippen LogP contribution in [0.15, 0.2) is 53.4 Å². The van der Waals surface area contributed by atoms with E-state index in [1.54, 1.807) is 43.3 Å². The van der Waals surface area contributed by atoms with E-state index < -0.39 is 26.2 Å². The number of piperidine rings is 1. The van der Waals surface area contributed by atoms with E-state index >= 15 is 0 Å². The number of amides is 1. The lowest BCUT2D eigenvalue weighted by molar-refractivity contribution is -0.127. The van der Waals surface area contributed by atoms with Crippen LogP contribution in [0.3, 0.4) is 0 Å². The number of ether oxygens (including phenoxy) is 2. The Morgan fingerprint density at radius 2 is 1.56 bits per heavy atom. The second-order valence-electron chi connectivity index (χ2n) is 8.56. The molecule has 1 atom stereocenters. The number of nitrogens with zero attached hydrogens (tertiary/aromatic N) is 2. The summed E-state index contributed by atoms with van der Waals surface area (Å²) in [6.45, 7) is 3.14. The van der Waals surface area contributed by atoms with Crippen LogP contribution in [-0.4, -0.2) is 72.7 Å². The Morgan fingerprint density at radius 1 is 0.972 bits per heavy atom. The summed E-state index contributed by atoms with van der Waals surface area (Å²) in [6.07, 6.45) is 3.15. The van der Waals surface area contributed by atoms with Crippen LogP contribution in [0.25, 0.3) is 0 Å². The number of nitrogens with one attached hydrogen (secondary N) is 1. The van der Waals surface area contributed by atoms with Crippen molar-refractivity contribution >= 4 is 31.6 Å². The van der Waals surface area contributed by atoms with Crippen molar-refractivity contribution in [3.63, 3.8) is 0 Å². The molecule has 2 aromatic carbocycles. The van der Waals surface area contributed by atoms with E-state index in [1.807, 2.05) is 0 Å². The van der Waals surface area contributed by atoms with E-state index in [4.69, 9.17) is 9.47 Å². The molecule has 0 aliphatic carbocycles. The van der Waals surface area contributed by atoms with Crippen LogP contribution in [0, 0.1) is 0 Å². The van der Waals surface area contributed by atoms with Crippen molar-refractivity contribution in [3.8, 4) is 11.5 Å². The molecule has 1 fully saturated rings. The zero-order valence-electron chi connectivity index (χ0n) is 20.7. The molecule has 1 heterocycles. The molecule has 0 saturated carbocycles. The largest absolute Gasteiger partial charge is 0.492 e. The van der Waals surface area contributed by atoms with Gasteiger partial charge in [0.15, 0.2) is 6.10 Å². The van der Waals surface area contributed by atoms with Gasteiger partial charge in [0.05, 0.1) is 23.4 Å². The van der Waals surface area contributed by atoms with Crippen molar-refractivity contribution in [2.24, 2.45) is 0 Å². The van der Waals surface area contributed by atoms with E-state index in [-0.39, 0.29) is 24.0 Å². The summed E-state index contributed by atoms with van der Waals surface area (Å²) in [5.41, 5.74) is 0.483. The quantitative estimate of drug-likeness (QED) is 0.435. The van der Waals surface area contributed by atoms with Gasteiger partial charge in [0.25, 0.3) is 5.91 Å². The molecule has 1 aliphatic rings. The molecule has 3 rings (SSSR count). The first kappa shape index (κ1) is 27.8. The minimum Gasteiger partial charge on any atom is -0.492 e. The second kappa shape index (κ2) is 11.9. The average molecular weight is 540 g/mol. The highest BCUT2D eigenvalue weighted by Crippen LogP contribution is 2.23. The van der Waals surface area contributed by atoms with Crippen LogP contribution in [0.2, 0.25) is 0 Å². The van der Waals surface area contributed by atoms with Gasteiger partial charge in [-0.3, -0.25) is 9.10 Å². The Hall–Kier alpha value is -2.83. The van der Waals surface area contributed by atoms with Gasteiger partial charge >= 0.3 is 0 Å². The molecule has 1 N–H and O–H groups in total. The van der Waals surface area contributed by atoms with Crippen molar-refractivity contribution < 1.29 is 31.1 Å². The first-order valence-corrected chi connectivity index (χ1v) is 15.0. The van der Waals surface area contributed by atoms with Gasteiger partial charge in [0.1, 0.15) is 18.1 Å². The molecule has 0 unspecified atom stereocenters. The van der Waals surface area contributed by atoms with Gasteiger partial charge in [0.2, 0.25) is 20.0 Å². The maximum Gasteiger partial charge on any atom is 0.260 e. The number of anilines is 1.